The summed E-state index contributed by atoms with van der Waals surface area (Å²) in [4.78, 5) is 19.4. The summed E-state index contributed by atoms with van der Waals surface area (Å²) in [5.41, 5.74) is 2.60. The summed E-state index contributed by atoms with van der Waals surface area (Å²) in [5, 5.41) is 3.31. The van der Waals surface area contributed by atoms with Crippen LogP contribution in [-0.4, -0.2) is 34.9 Å². The predicted molar refractivity (Wildman–Crippen MR) is 84.5 cm³/mol. The van der Waals surface area contributed by atoms with Crippen molar-refractivity contribution in [1.29, 1.82) is 0 Å². The van der Waals surface area contributed by atoms with Crippen molar-refractivity contribution in [1.82, 2.24) is 9.88 Å². The first-order valence-electron chi connectivity index (χ1n) is 8.22. The number of rotatable bonds is 3. The molecule has 1 aliphatic carbocycles. The summed E-state index contributed by atoms with van der Waals surface area (Å²) >= 11 is 0. The molecule has 2 aliphatic rings. The number of nitrogens with zero attached hydrogens (tertiary/aromatic N) is 2. The summed E-state index contributed by atoms with van der Waals surface area (Å²) in [6.07, 6.45) is 7.97. The van der Waals surface area contributed by atoms with Crippen molar-refractivity contribution in [3.05, 3.63) is 23.5 Å². The van der Waals surface area contributed by atoms with E-state index in [2.05, 4.69) is 22.1 Å². The molecule has 0 spiro atoms. The van der Waals surface area contributed by atoms with Crippen LogP contribution in [0.1, 0.15) is 55.1 Å². The Morgan fingerprint density at radius 3 is 3.00 bits per heavy atom. The summed E-state index contributed by atoms with van der Waals surface area (Å²) in [5.74, 6) is 0.886. The maximum absolute atomic E-state index is 13.0. The molecule has 2 unspecified atom stereocenters. The minimum Gasteiger partial charge on any atom is -0.385 e. The molecular weight excluding hydrogens is 262 g/mol. The third-order valence-electron chi connectivity index (χ3n) is 4.91. The van der Waals surface area contributed by atoms with Gasteiger partial charge in [-0.15, -0.1) is 0 Å². The van der Waals surface area contributed by atoms with Crippen molar-refractivity contribution in [2.24, 2.45) is 5.92 Å². The maximum Gasteiger partial charge on any atom is 0.257 e. The first-order valence-corrected chi connectivity index (χ1v) is 8.22. The van der Waals surface area contributed by atoms with E-state index in [1.165, 1.54) is 32.1 Å². The van der Waals surface area contributed by atoms with Crippen LogP contribution >= 0.6 is 0 Å². The number of carbonyl (C=O) groups excluding carboxylic acids is 1. The highest BCUT2D eigenvalue weighted by Gasteiger charge is 2.38. The van der Waals surface area contributed by atoms with E-state index in [4.69, 9.17) is 0 Å². The number of fused-ring (bicyclic) bond motifs is 1. The molecular formula is C17H25N3O. The maximum atomic E-state index is 13.0. The van der Waals surface area contributed by atoms with E-state index in [0.717, 1.165) is 36.0 Å². The van der Waals surface area contributed by atoms with Gasteiger partial charge in [-0.05, 0) is 45.1 Å². The topological polar surface area (TPSA) is 45.2 Å². The molecule has 4 heteroatoms. The lowest BCUT2D eigenvalue weighted by Gasteiger charge is -2.32. The number of amides is 1. The minimum atomic E-state index is 0.160. The Balaban J connectivity index is 1.85. The summed E-state index contributed by atoms with van der Waals surface area (Å²) in [7, 11) is 0. The van der Waals surface area contributed by atoms with Crippen molar-refractivity contribution >= 4 is 11.6 Å². The van der Waals surface area contributed by atoms with Crippen LogP contribution in [-0.2, 0) is 0 Å². The number of hydrogen-bond acceptors (Lipinski definition) is 3. The molecule has 1 amide bonds. The van der Waals surface area contributed by atoms with E-state index in [-0.39, 0.29) is 5.91 Å². The summed E-state index contributed by atoms with van der Waals surface area (Å²) < 4.78 is 0. The van der Waals surface area contributed by atoms with Crippen molar-refractivity contribution in [3.8, 4) is 0 Å². The van der Waals surface area contributed by atoms with Gasteiger partial charge in [0, 0.05) is 31.0 Å². The van der Waals surface area contributed by atoms with Crippen molar-refractivity contribution < 1.29 is 4.79 Å². The molecule has 1 saturated carbocycles. The molecule has 1 aromatic heterocycles. The van der Waals surface area contributed by atoms with Gasteiger partial charge in [-0.25, -0.2) is 0 Å². The van der Waals surface area contributed by atoms with Gasteiger partial charge in [0.05, 0.1) is 11.3 Å². The van der Waals surface area contributed by atoms with Crippen LogP contribution in [0.25, 0.3) is 0 Å². The number of aromatic nitrogens is 1. The Labute approximate surface area is 126 Å². The number of likely N-dealkylation sites (tertiary alicyclic amines) is 1. The third-order valence-corrected chi connectivity index (χ3v) is 4.91. The van der Waals surface area contributed by atoms with Crippen molar-refractivity contribution in [2.75, 3.05) is 18.4 Å². The van der Waals surface area contributed by atoms with Crippen LogP contribution in [0, 0.1) is 12.8 Å². The largest absolute Gasteiger partial charge is 0.385 e. The Bertz CT molecular complexity index is 529. The van der Waals surface area contributed by atoms with Gasteiger partial charge in [0.1, 0.15) is 0 Å². The summed E-state index contributed by atoms with van der Waals surface area (Å²) in [6.45, 7) is 5.74. The van der Waals surface area contributed by atoms with Gasteiger partial charge in [0.2, 0.25) is 0 Å². The van der Waals surface area contributed by atoms with Crippen LogP contribution in [0.3, 0.4) is 0 Å². The average molecular weight is 287 g/mol. The highest BCUT2D eigenvalue weighted by atomic mass is 16.2. The molecule has 1 N–H and O–H groups in total. The van der Waals surface area contributed by atoms with Gasteiger partial charge in [-0.1, -0.05) is 12.8 Å². The Morgan fingerprint density at radius 1 is 1.38 bits per heavy atom. The van der Waals surface area contributed by atoms with E-state index < -0.39 is 0 Å². The van der Waals surface area contributed by atoms with Crippen LogP contribution < -0.4 is 5.32 Å². The first kappa shape index (κ1) is 14.4. The molecule has 2 fully saturated rings. The second-order valence-corrected chi connectivity index (χ2v) is 6.30. The van der Waals surface area contributed by atoms with Crippen LogP contribution in [0.5, 0.6) is 0 Å². The number of hydrogen-bond donors (Lipinski definition) is 1. The number of nitrogens with one attached hydrogen (secondary N) is 1. The molecule has 0 bridgehead atoms. The van der Waals surface area contributed by atoms with Crippen molar-refractivity contribution in [2.45, 2.75) is 52.0 Å². The predicted octanol–water partition coefficient (Wildman–Crippen LogP) is 3.23. The number of carbonyl (C=O) groups is 1. The Kier molecular flexibility index (Phi) is 4.13. The fourth-order valence-corrected chi connectivity index (χ4v) is 3.88. The Morgan fingerprint density at radius 2 is 2.19 bits per heavy atom. The van der Waals surface area contributed by atoms with Crippen molar-refractivity contribution in [3.63, 3.8) is 0 Å². The second-order valence-electron chi connectivity index (χ2n) is 6.30. The van der Waals surface area contributed by atoms with Crippen LogP contribution in [0.2, 0.25) is 0 Å². The lowest BCUT2D eigenvalue weighted by molar-refractivity contribution is 0.0690. The zero-order valence-electron chi connectivity index (χ0n) is 13.1. The third kappa shape index (κ3) is 2.76. The molecule has 0 radical (unpaired) electrons. The molecule has 0 aromatic carbocycles. The second kappa shape index (κ2) is 6.04. The minimum absolute atomic E-state index is 0.160. The molecule has 1 saturated heterocycles. The van der Waals surface area contributed by atoms with Gasteiger partial charge in [0.25, 0.3) is 5.91 Å². The first-order chi connectivity index (χ1) is 10.2. The average Bonchev–Trinajstić information content (AvgIpc) is 2.91. The number of aryl methyl sites for hydroxylation is 1. The zero-order valence-corrected chi connectivity index (χ0v) is 13.1. The molecule has 21 heavy (non-hydrogen) atoms. The molecule has 2 atom stereocenters. The number of pyridine rings is 1. The lowest BCUT2D eigenvalue weighted by Crippen LogP contribution is -2.39. The molecule has 1 aromatic rings. The van der Waals surface area contributed by atoms with E-state index >= 15 is 0 Å². The quantitative estimate of drug-likeness (QED) is 0.928. The van der Waals surface area contributed by atoms with E-state index in [0.29, 0.717) is 6.04 Å². The molecule has 3 rings (SSSR count). The number of anilines is 1. The normalized spacial score (nSPS) is 24.8. The molecule has 2 heterocycles. The van der Waals surface area contributed by atoms with Crippen LogP contribution in [0.4, 0.5) is 5.69 Å². The Hall–Kier alpha value is -1.58. The van der Waals surface area contributed by atoms with E-state index in [1.54, 1.807) is 6.20 Å². The molecule has 114 valence electrons. The van der Waals surface area contributed by atoms with Gasteiger partial charge in [-0.2, -0.15) is 0 Å². The van der Waals surface area contributed by atoms with Crippen LogP contribution in [0.15, 0.2) is 12.3 Å². The smallest absolute Gasteiger partial charge is 0.257 e. The standard InChI is InChI=1S/C17H25N3O/c1-3-18-15-10-12(2)19-11-14(15)17(21)20-9-8-13-6-4-5-7-16(13)20/h10-11,13,16H,3-9H2,1-2H3,(H,18,19). The zero-order chi connectivity index (χ0) is 14.8. The molecule has 1 aliphatic heterocycles. The lowest BCUT2D eigenvalue weighted by atomic mass is 9.85. The fourth-order valence-electron chi connectivity index (χ4n) is 3.88. The van der Waals surface area contributed by atoms with Gasteiger partial charge < -0.3 is 10.2 Å². The van der Waals surface area contributed by atoms with Gasteiger partial charge in [0.15, 0.2) is 0 Å². The van der Waals surface area contributed by atoms with Gasteiger partial charge >= 0.3 is 0 Å². The highest BCUT2D eigenvalue weighted by molar-refractivity contribution is 5.99. The van der Waals surface area contributed by atoms with E-state index in [9.17, 15) is 4.79 Å². The SMILES string of the molecule is CCNc1cc(C)ncc1C(=O)N1CCC2CCCCC21. The van der Waals surface area contributed by atoms with E-state index in [1.807, 2.05) is 13.0 Å². The van der Waals surface area contributed by atoms with Gasteiger partial charge in [-0.3, -0.25) is 9.78 Å². The molecule has 4 nitrogen and oxygen atoms in total. The fraction of sp³-hybridized carbons (Fsp3) is 0.647. The monoisotopic (exact) mass is 287 g/mol. The highest BCUT2D eigenvalue weighted by Crippen LogP contribution is 2.37. The summed E-state index contributed by atoms with van der Waals surface area (Å²) in [6, 6.07) is 2.44.